The predicted octanol–water partition coefficient (Wildman–Crippen LogP) is 3.25. The van der Waals surface area contributed by atoms with Crippen molar-refractivity contribution in [3.8, 4) is 0 Å². The maximum Gasteiger partial charge on any atom is 0.407 e. The largest absolute Gasteiger partial charge is 0.444 e. The molecule has 2 N–H and O–H groups in total. The number of ether oxygens (including phenoxy) is 1. The lowest BCUT2D eigenvalue weighted by atomic mass is 9.65. The summed E-state index contributed by atoms with van der Waals surface area (Å²) in [4.78, 5) is 11.9. The summed E-state index contributed by atoms with van der Waals surface area (Å²) < 4.78 is 5.34. The fourth-order valence-corrected chi connectivity index (χ4v) is 4.18. The minimum Gasteiger partial charge on any atom is -0.444 e. The molecule has 2 fully saturated rings. The highest BCUT2D eigenvalue weighted by Gasteiger charge is 2.49. The molecule has 0 radical (unpaired) electrons. The lowest BCUT2D eigenvalue weighted by Crippen LogP contribution is -2.46. The minimum atomic E-state index is -0.466. The van der Waals surface area contributed by atoms with E-state index in [0.717, 1.165) is 32.1 Å². The van der Waals surface area contributed by atoms with Crippen LogP contribution in [0.15, 0.2) is 12.7 Å². The molecule has 4 heteroatoms. The molecule has 0 spiro atoms. The molecular formula is C17H29NO3. The Kier molecular flexibility index (Phi) is 4.66. The van der Waals surface area contributed by atoms with E-state index in [-0.39, 0.29) is 24.2 Å². The van der Waals surface area contributed by atoms with Crippen LogP contribution in [0.4, 0.5) is 4.79 Å². The molecule has 1 unspecified atom stereocenters. The van der Waals surface area contributed by atoms with Crippen molar-refractivity contribution in [3.63, 3.8) is 0 Å². The second-order valence-corrected chi connectivity index (χ2v) is 7.65. The molecule has 0 saturated heterocycles. The van der Waals surface area contributed by atoms with E-state index in [2.05, 4.69) is 18.0 Å². The van der Waals surface area contributed by atoms with Gasteiger partial charge in [-0.15, -0.1) is 6.58 Å². The van der Waals surface area contributed by atoms with E-state index in [1.54, 1.807) is 0 Å². The molecule has 0 aromatic heterocycles. The van der Waals surface area contributed by atoms with Crippen molar-refractivity contribution in [2.75, 3.05) is 6.61 Å². The zero-order chi connectivity index (χ0) is 15.7. The maximum atomic E-state index is 11.9. The molecule has 21 heavy (non-hydrogen) atoms. The summed E-state index contributed by atoms with van der Waals surface area (Å²) in [6.07, 6.45) is 6.77. The molecule has 0 aliphatic heterocycles. The van der Waals surface area contributed by atoms with Crippen LogP contribution in [-0.4, -0.2) is 29.4 Å². The van der Waals surface area contributed by atoms with Crippen molar-refractivity contribution in [1.29, 1.82) is 0 Å². The van der Waals surface area contributed by atoms with Crippen molar-refractivity contribution >= 4 is 6.09 Å². The number of fused-ring (bicyclic) bond motifs is 1. The van der Waals surface area contributed by atoms with Crippen molar-refractivity contribution in [3.05, 3.63) is 12.7 Å². The van der Waals surface area contributed by atoms with E-state index in [0.29, 0.717) is 11.8 Å². The van der Waals surface area contributed by atoms with Gasteiger partial charge in [-0.05, 0) is 70.1 Å². The number of alkyl carbamates (subject to hydrolysis) is 1. The summed E-state index contributed by atoms with van der Waals surface area (Å²) in [7, 11) is 0. The molecule has 1 amide bonds. The van der Waals surface area contributed by atoms with E-state index < -0.39 is 5.60 Å². The number of amides is 1. The van der Waals surface area contributed by atoms with Gasteiger partial charge >= 0.3 is 6.09 Å². The number of aliphatic hydroxyl groups is 1. The van der Waals surface area contributed by atoms with Crippen molar-refractivity contribution in [1.82, 2.24) is 5.32 Å². The Morgan fingerprint density at radius 3 is 2.71 bits per heavy atom. The first-order valence-corrected chi connectivity index (χ1v) is 8.03. The highest BCUT2D eigenvalue weighted by molar-refractivity contribution is 5.68. The molecule has 2 aliphatic rings. The smallest absolute Gasteiger partial charge is 0.407 e. The van der Waals surface area contributed by atoms with Crippen LogP contribution in [0.2, 0.25) is 0 Å². The maximum absolute atomic E-state index is 11.9. The molecule has 0 bridgehead atoms. The van der Waals surface area contributed by atoms with Gasteiger partial charge in [0.2, 0.25) is 0 Å². The third-order valence-corrected chi connectivity index (χ3v) is 5.10. The molecule has 2 saturated carbocycles. The van der Waals surface area contributed by atoms with Crippen LogP contribution in [0.25, 0.3) is 0 Å². The van der Waals surface area contributed by atoms with Crippen LogP contribution in [0, 0.1) is 17.3 Å². The third-order valence-electron chi connectivity index (χ3n) is 5.10. The summed E-state index contributed by atoms with van der Waals surface area (Å²) in [5.41, 5.74) is -0.391. The van der Waals surface area contributed by atoms with E-state index >= 15 is 0 Å². The van der Waals surface area contributed by atoms with Gasteiger partial charge in [0.15, 0.2) is 0 Å². The Morgan fingerprint density at radius 2 is 2.14 bits per heavy atom. The van der Waals surface area contributed by atoms with Crippen LogP contribution < -0.4 is 5.32 Å². The average molecular weight is 295 g/mol. The molecule has 4 nitrogen and oxygen atoms in total. The minimum absolute atomic E-state index is 0.0747. The standard InChI is InChI=1S/C17H29NO3/c1-5-17-9-8-12(11-19)14(17)7-6-13(10-17)18-15(20)21-16(2,3)4/h5,12-14,19H,1,6-11H2,2-4H3,(H,18,20)/t12-,13?,14-,17+/m0/s1. The second kappa shape index (κ2) is 5.99. The number of hydrogen-bond donors (Lipinski definition) is 2. The van der Waals surface area contributed by atoms with E-state index in [9.17, 15) is 9.90 Å². The summed E-state index contributed by atoms with van der Waals surface area (Å²) in [5, 5.41) is 12.5. The zero-order valence-corrected chi connectivity index (χ0v) is 13.5. The van der Waals surface area contributed by atoms with Gasteiger partial charge in [0, 0.05) is 12.6 Å². The lowest BCUT2D eigenvalue weighted by Gasteiger charge is -2.43. The van der Waals surface area contributed by atoms with Crippen LogP contribution in [0.3, 0.4) is 0 Å². The quantitative estimate of drug-likeness (QED) is 0.786. The summed E-state index contributed by atoms with van der Waals surface area (Å²) in [6, 6.07) is 0.145. The van der Waals surface area contributed by atoms with Crippen LogP contribution >= 0.6 is 0 Å². The van der Waals surface area contributed by atoms with Gasteiger partial charge in [0.05, 0.1) is 0 Å². The Balaban J connectivity index is 1.98. The first kappa shape index (κ1) is 16.3. The predicted molar refractivity (Wildman–Crippen MR) is 82.9 cm³/mol. The third kappa shape index (κ3) is 3.60. The zero-order valence-electron chi connectivity index (χ0n) is 13.5. The van der Waals surface area contributed by atoms with Crippen molar-refractivity contribution in [2.24, 2.45) is 17.3 Å². The number of carbonyl (C=O) groups is 1. The van der Waals surface area contributed by atoms with E-state index in [1.807, 2.05) is 20.8 Å². The van der Waals surface area contributed by atoms with Crippen molar-refractivity contribution < 1.29 is 14.6 Å². The second-order valence-electron chi connectivity index (χ2n) is 7.65. The first-order valence-electron chi connectivity index (χ1n) is 8.03. The number of hydrogen-bond acceptors (Lipinski definition) is 3. The monoisotopic (exact) mass is 295 g/mol. The lowest BCUT2D eigenvalue weighted by molar-refractivity contribution is 0.0426. The number of rotatable bonds is 3. The molecule has 2 aliphatic carbocycles. The summed E-state index contributed by atoms with van der Waals surface area (Å²) in [5.74, 6) is 0.905. The van der Waals surface area contributed by atoms with Gasteiger partial charge in [0.1, 0.15) is 5.60 Å². The molecule has 4 atom stereocenters. The highest BCUT2D eigenvalue weighted by Crippen LogP contribution is 2.55. The number of allylic oxidation sites excluding steroid dienone is 1. The van der Waals surface area contributed by atoms with Gasteiger partial charge in [-0.2, -0.15) is 0 Å². The molecule has 0 heterocycles. The molecule has 0 aromatic carbocycles. The Labute approximate surface area is 127 Å². The molecule has 120 valence electrons. The Morgan fingerprint density at radius 1 is 1.43 bits per heavy atom. The number of aliphatic hydroxyl groups excluding tert-OH is 1. The summed E-state index contributed by atoms with van der Waals surface area (Å²) in [6.45, 7) is 9.92. The van der Waals surface area contributed by atoms with Crippen LogP contribution in [-0.2, 0) is 4.74 Å². The highest BCUT2D eigenvalue weighted by atomic mass is 16.6. The van der Waals surface area contributed by atoms with E-state index in [4.69, 9.17) is 4.74 Å². The molecule has 2 rings (SSSR count). The van der Waals surface area contributed by atoms with Gasteiger partial charge in [0.25, 0.3) is 0 Å². The van der Waals surface area contributed by atoms with E-state index in [1.165, 1.54) is 0 Å². The summed E-state index contributed by atoms with van der Waals surface area (Å²) >= 11 is 0. The van der Waals surface area contributed by atoms with Crippen LogP contribution in [0.5, 0.6) is 0 Å². The van der Waals surface area contributed by atoms with Crippen molar-refractivity contribution in [2.45, 2.75) is 64.5 Å². The van der Waals surface area contributed by atoms with Gasteiger partial charge < -0.3 is 15.2 Å². The normalized spacial score (nSPS) is 35.9. The van der Waals surface area contributed by atoms with Gasteiger partial charge in [-0.3, -0.25) is 0 Å². The fraction of sp³-hybridized carbons (Fsp3) is 0.824. The van der Waals surface area contributed by atoms with Crippen LogP contribution in [0.1, 0.15) is 52.9 Å². The number of nitrogens with one attached hydrogen (secondary N) is 1. The first-order chi connectivity index (χ1) is 9.79. The van der Waals surface area contributed by atoms with Gasteiger partial charge in [-0.25, -0.2) is 4.79 Å². The molecular weight excluding hydrogens is 266 g/mol. The SMILES string of the molecule is C=C[C@]12CC[C@@H](CO)[C@@H]1CCC(NC(=O)OC(C)(C)C)C2. The number of carbonyl (C=O) groups excluding carboxylic acids is 1. The molecule has 0 aromatic rings. The van der Waals surface area contributed by atoms with Gasteiger partial charge in [-0.1, -0.05) is 6.08 Å². The topological polar surface area (TPSA) is 58.6 Å². The fourth-order valence-electron chi connectivity index (χ4n) is 4.18. The Hall–Kier alpha value is -1.03. The Bertz CT molecular complexity index is 401. The average Bonchev–Trinajstić information content (AvgIpc) is 2.75.